The first-order valence-corrected chi connectivity index (χ1v) is 9.91. The molecule has 1 unspecified atom stereocenters. The Morgan fingerprint density at radius 2 is 1.69 bits per heavy atom. The third-order valence-electron chi connectivity index (χ3n) is 4.44. The van der Waals surface area contributed by atoms with E-state index in [9.17, 15) is 0 Å². The van der Waals surface area contributed by atoms with Crippen LogP contribution in [0.3, 0.4) is 0 Å². The number of hydrogen-bond donors (Lipinski definition) is 0. The second-order valence-corrected chi connectivity index (χ2v) is 7.27. The molecule has 5 heteroatoms. The summed E-state index contributed by atoms with van der Waals surface area (Å²) in [4.78, 5) is 0. The largest absolute Gasteiger partial charge is 0.482 e. The molecule has 1 heterocycles. The summed E-state index contributed by atoms with van der Waals surface area (Å²) in [5, 5.41) is 9.76. The third kappa shape index (κ3) is 4.10. The minimum atomic E-state index is -0.156. The second kappa shape index (κ2) is 8.41. The molecule has 26 heavy (non-hydrogen) atoms. The maximum absolute atomic E-state index is 6.14. The van der Waals surface area contributed by atoms with Crippen LogP contribution in [0.4, 0.5) is 0 Å². The second-order valence-electron chi connectivity index (χ2n) is 6.33. The number of hydrogen-bond acceptors (Lipinski definition) is 4. The molecule has 3 rings (SSSR count). The van der Waals surface area contributed by atoms with E-state index in [4.69, 9.17) is 4.74 Å². The van der Waals surface area contributed by atoms with Crippen molar-refractivity contribution in [1.29, 1.82) is 0 Å². The van der Waals surface area contributed by atoms with Crippen molar-refractivity contribution in [3.63, 3.8) is 0 Å². The van der Waals surface area contributed by atoms with Crippen LogP contribution in [0.1, 0.15) is 42.5 Å². The van der Waals surface area contributed by atoms with Crippen LogP contribution in [0.2, 0.25) is 0 Å². The summed E-state index contributed by atoms with van der Waals surface area (Å²) in [6.07, 6.45) is -0.156. The number of thioether (sulfide) groups is 1. The first-order chi connectivity index (χ1) is 12.6. The van der Waals surface area contributed by atoms with Crippen molar-refractivity contribution in [2.75, 3.05) is 0 Å². The molecule has 0 amide bonds. The van der Waals surface area contributed by atoms with Gasteiger partial charge in [-0.2, -0.15) is 0 Å². The van der Waals surface area contributed by atoms with Crippen LogP contribution in [0.15, 0.2) is 53.7 Å². The number of rotatable bonds is 7. The van der Waals surface area contributed by atoms with E-state index in [0.717, 1.165) is 34.6 Å². The number of nitrogens with zero attached hydrogens (tertiary/aromatic N) is 3. The summed E-state index contributed by atoms with van der Waals surface area (Å²) >= 11 is 1.72. The molecule has 0 saturated carbocycles. The van der Waals surface area contributed by atoms with E-state index in [1.165, 1.54) is 11.1 Å². The summed E-state index contributed by atoms with van der Waals surface area (Å²) in [6.45, 7) is 9.16. The van der Waals surface area contributed by atoms with Crippen LogP contribution >= 0.6 is 11.8 Å². The van der Waals surface area contributed by atoms with Crippen molar-refractivity contribution in [1.82, 2.24) is 14.8 Å². The van der Waals surface area contributed by atoms with Gasteiger partial charge in [-0.25, -0.2) is 0 Å². The Kier molecular flexibility index (Phi) is 5.99. The summed E-state index contributed by atoms with van der Waals surface area (Å²) in [7, 11) is 0. The van der Waals surface area contributed by atoms with E-state index in [-0.39, 0.29) is 6.10 Å². The van der Waals surface area contributed by atoms with Gasteiger partial charge in [0.25, 0.3) is 0 Å². The highest BCUT2D eigenvalue weighted by molar-refractivity contribution is 7.98. The van der Waals surface area contributed by atoms with Gasteiger partial charge in [0.15, 0.2) is 17.1 Å². The molecule has 4 nitrogen and oxygen atoms in total. The number of ether oxygens (including phenoxy) is 1. The van der Waals surface area contributed by atoms with Crippen molar-refractivity contribution in [3.05, 3.63) is 71.0 Å². The van der Waals surface area contributed by atoms with Gasteiger partial charge in [0.1, 0.15) is 5.75 Å². The van der Waals surface area contributed by atoms with E-state index >= 15 is 0 Å². The van der Waals surface area contributed by atoms with Gasteiger partial charge >= 0.3 is 0 Å². The van der Waals surface area contributed by atoms with Crippen molar-refractivity contribution < 1.29 is 4.74 Å². The fourth-order valence-electron chi connectivity index (χ4n) is 2.85. The minimum absolute atomic E-state index is 0.156. The lowest BCUT2D eigenvalue weighted by Crippen LogP contribution is -2.12. The van der Waals surface area contributed by atoms with Crippen molar-refractivity contribution in [3.8, 4) is 5.75 Å². The van der Waals surface area contributed by atoms with Gasteiger partial charge in [0.2, 0.25) is 0 Å². The molecule has 0 N–H and O–H groups in total. The monoisotopic (exact) mass is 367 g/mol. The highest BCUT2D eigenvalue weighted by Gasteiger charge is 2.19. The quantitative estimate of drug-likeness (QED) is 0.528. The van der Waals surface area contributed by atoms with Crippen LogP contribution in [0, 0.1) is 13.8 Å². The zero-order valence-electron chi connectivity index (χ0n) is 15.8. The Labute approximate surface area is 159 Å². The predicted molar refractivity (Wildman–Crippen MR) is 107 cm³/mol. The molecule has 0 saturated heterocycles. The fraction of sp³-hybridized carbons (Fsp3) is 0.333. The maximum Gasteiger partial charge on any atom is 0.191 e. The minimum Gasteiger partial charge on any atom is -0.482 e. The Bertz CT molecular complexity index is 875. The van der Waals surface area contributed by atoms with Crippen molar-refractivity contribution >= 4 is 11.8 Å². The van der Waals surface area contributed by atoms with E-state index in [1.807, 2.05) is 25.1 Å². The van der Waals surface area contributed by atoms with Gasteiger partial charge < -0.3 is 9.30 Å². The van der Waals surface area contributed by atoms with Gasteiger partial charge in [0.05, 0.1) is 0 Å². The molecule has 0 fully saturated rings. The normalized spacial score (nSPS) is 12.2. The van der Waals surface area contributed by atoms with Crippen LogP contribution in [0.25, 0.3) is 0 Å². The van der Waals surface area contributed by atoms with Gasteiger partial charge in [0, 0.05) is 12.3 Å². The fourth-order valence-corrected chi connectivity index (χ4v) is 3.94. The first kappa shape index (κ1) is 18.5. The van der Waals surface area contributed by atoms with Crippen LogP contribution in [-0.2, 0) is 12.3 Å². The van der Waals surface area contributed by atoms with Gasteiger partial charge in [-0.05, 0) is 50.5 Å². The standard InChI is InChI=1S/C21H25N3OS/c1-5-24-20(17(4)25-19-13-9-7-11-16(19)3)22-23-21(24)26-14-18-12-8-6-10-15(18)2/h6-13,17H,5,14H2,1-4H3. The Balaban J connectivity index is 1.75. The van der Waals surface area contributed by atoms with Crippen LogP contribution in [-0.4, -0.2) is 14.8 Å². The Morgan fingerprint density at radius 1 is 1.00 bits per heavy atom. The average molecular weight is 368 g/mol. The number of aryl methyl sites for hydroxylation is 2. The van der Waals surface area contributed by atoms with Gasteiger partial charge in [-0.1, -0.05) is 54.2 Å². The lowest BCUT2D eigenvalue weighted by Gasteiger charge is -2.17. The van der Waals surface area contributed by atoms with E-state index in [1.54, 1.807) is 11.8 Å². The lowest BCUT2D eigenvalue weighted by atomic mass is 10.1. The Morgan fingerprint density at radius 3 is 2.38 bits per heavy atom. The first-order valence-electron chi connectivity index (χ1n) is 8.92. The molecule has 0 bridgehead atoms. The third-order valence-corrected chi connectivity index (χ3v) is 5.46. The topological polar surface area (TPSA) is 39.9 Å². The summed E-state index contributed by atoms with van der Waals surface area (Å²) in [5.74, 6) is 2.64. The molecule has 0 aliphatic heterocycles. The van der Waals surface area contributed by atoms with E-state index < -0.39 is 0 Å². The molecule has 0 spiro atoms. The molecule has 1 atom stereocenters. The molecule has 0 aliphatic carbocycles. The molecular formula is C21H25N3OS. The zero-order valence-corrected chi connectivity index (χ0v) is 16.6. The SMILES string of the molecule is CCn1c(SCc2ccccc2C)nnc1C(C)Oc1ccccc1C. The van der Waals surface area contributed by atoms with Crippen LogP contribution in [0.5, 0.6) is 5.75 Å². The lowest BCUT2D eigenvalue weighted by molar-refractivity contribution is 0.208. The molecule has 0 aliphatic rings. The van der Waals surface area contributed by atoms with Crippen molar-refractivity contribution in [2.45, 2.75) is 51.3 Å². The molecule has 1 aromatic heterocycles. The molecule has 136 valence electrons. The summed E-state index contributed by atoms with van der Waals surface area (Å²) in [6, 6.07) is 16.5. The molecular weight excluding hydrogens is 342 g/mol. The van der Waals surface area contributed by atoms with Gasteiger partial charge in [-0.15, -0.1) is 10.2 Å². The molecule has 0 radical (unpaired) electrons. The summed E-state index contributed by atoms with van der Waals surface area (Å²) in [5.41, 5.74) is 3.75. The van der Waals surface area contributed by atoms with Crippen molar-refractivity contribution in [2.24, 2.45) is 0 Å². The van der Waals surface area contributed by atoms with Crippen LogP contribution < -0.4 is 4.74 Å². The summed E-state index contributed by atoms with van der Waals surface area (Å²) < 4.78 is 8.28. The number of benzene rings is 2. The predicted octanol–water partition coefficient (Wildman–Crippen LogP) is 5.35. The molecule has 2 aromatic carbocycles. The zero-order chi connectivity index (χ0) is 18.5. The average Bonchev–Trinajstić information content (AvgIpc) is 3.06. The molecule has 3 aromatic rings. The smallest absolute Gasteiger partial charge is 0.191 e. The van der Waals surface area contributed by atoms with E-state index in [2.05, 4.69) is 65.9 Å². The number of aromatic nitrogens is 3. The van der Waals surface area contributed by atoms with E-state index in [0.29, 0.717) is 0 Å². The van der Waals surface area contributed by atoms with Gasteiger partial charge in [-0.3, -0.25) is 0 Å². The maximum atomic E-state index is 6.14. The highest BCUT2D eigenvalue weighted by Crippen LogP contribution is 2.28. The Hall–Kier alpha value is -2.27. The highest BCUT2D eigenvalue weighted by atomic mass is 32.2. The number of para-hydroxylation sites is 1.